The van der Waals surface area contributed by atoms with Gasteiger partial charge in [-0.3, -0.25) is 4.90 Å². The van der Waals surface area contributed by atoms with Crippen LogP contribution in [0.2, 0.25) is 0 Å². The van der Waals surface area contributed by atoms with E-state index in [0.29, 0.717) is 17.7 Å². The average molecular weight is 382 g/mol. The van der Waals surface area contributed by atoms with E-state index in [1.165, 1.54) is 30.5 Å². The van der Waals surface area contributed by atoms with Crippen LogP contribution in [0.5, 0.6) is 5.75 Å². The normalized spacial score (nSPS) is 23.6. The van der Waals surface area contributed by atoms with Crippen molar-refractivity contribution in [3.05, 3.63) is 65.9 Å². The van der Waals surface area contributed by atoms with Crippen molar-refractivity contribution in [1.82, 2.24) is 9.88 Å². The molecule has 1 saturated heterocycles. The van der Waals surface area contributed by atoms with Crippen molar-refractivity contribution < 1.29 is 13.5 Å². The highest BCUT2D eigenvalue weighted by molar-refractivity contribution is 5.83. The fourth-order valence-corrected chi connectivity index (χ4v) is 4.79. The molecule has 3 aromatic rings. The van der Waals surface area contributed by atoms with E-state index in [0.717, 1.165) is 36.8 Å². The second-order valence-corrected chi connectivity index (χ2v) is 8.09. The minimum Gasteiger partial charge on any atom is -0.488 e. The Bertz CT molecular complexity index is 972. The van der Waals surface area contributed by atoms with Crippen molar-refractivity contribution in [2.45, 2.75) is 43.7 Å². The maximum Gasteiger partial charge on any atom is 0.126 e. The highest BCUT2D eigenvalue weighted by Gasteiger charge is 2.36. The lowest BCUT2D eigenvalue weighted by atomic mass is 9.80. The van der Waals surface area contributed by atoms with Crippen LogP contribution in [0.4, 0.5) is 8.78 Å². The van der Waals surface area contributed by atoms with Crippen molar-refractivity contribution in [3.63, 3.8) is 0 Å². The van der Waals surface area contributed by atoms with Crippen LogP contribution in [0.1, 0.15) is 37.2 Å². The number of H-pyrrole nitrogens is 1. The summed E-state index contributed by atoms with van der Waals surface area (Å²) in [7, 11) is 0. The lowest BCUT2D eigenvalue weighted by molar-refractivity contribution is -0.0202. The number of likely N-dealkylation sites (tertiary alicyclic amines) is 1. The molecule has 0 unspecified atom stereocenters. The van der Waals surface area contributed by atoms with Gasteiger partial charge in [-0.25, -0.2) is 8.78 Å². The highest BCUT2D eigenvalue weighted by Crippen LogP contribution is 2.39. The highest BCUT2D eigenvalue weighted by atomic mass is 19.1. The molecule has 1 saturated carbocycles. The van der Waals surface area contributed by atoms with Gasteiger partial charge in [0.05, 0.1) is 0 Å². The first kappa shape index (κ1) is 17.7. The monoisotopic (exact) mass is 382 g/mol. The number of ether oxygens (including phenoxy) is 1. The topological polar surface area (TPSA) is 28.3 Å². The Balaban J connectivity index is 1.15. The van der Waals surface area contributed by atoms with E-state index >= 15 is 0 Å². The van der Waals surface area contributed by atoms with Gasteiger partial charge < -0.3 is 9.72 Å². The predicted octanol–water partition coefficient (Wildman–Crippen LogP) is 5.24. The number of nitrogens with one attached hydrogen (secondary N) is 1. The van der Waals surface area contributed by atoms with Gasteiger partial charge in [0.1, 0.15) is 23.5 Å². The second-order valence-electron chi connectivity index (χ2n) is 8.09. The van der Waals surface area contributed by atoms with Gasteiger partial charge >= 0.3 is 0 Å². The van der Waals surface area contributed by atoms with Crippen LogP contribution in [-0.2, 0) is 0 Å². The summed E-state index contributed by atoms with van der Waals surface area (Å²) in [5.41, 5.74) is 2.21. The number of aromatic amines is 1. The Morgan fingerprint density at radius 1 is 0.929 bits per heavy atom. The minimum atomic E-state index is -0.257. The van der Waals surface area contributed by atoms with Gasteiger partial charge in [-0.2, -0.15) is 0 Å². The molecule has 0 atom stereocenters. The molecule has 0 bridgehead atoms. The summed E-state index contributed by atoms with van der Waals surface area (Å²) in [5, 5.41) is 1.15. The first-order chi connectivity index (χ1) is 13.7. The first-order valence-electron chi connectivity index (χ1n) is 10.1. The summed E-state index contributed by atoms with van der Waals surface area (Å²) >= 11 is 0. The van der Waals surface area contributed by atoms with E-state index in [2.05, 4.69) is 16.1 Å². The molecule has 28 heavy (non-hydrogen) atoms. The third-order valence-corrected chi connectivity index (χ3v) is 6.30. The molecular formula is C23H24F2N2O. The summed E-state index contributed by atoms with van der Waals surface area (Å²) in [6.45, 7) is 1.83. The van der Waals surface area contributed by atoms with E-state index in [1.807, 2.05) is 12.1 Å². The molecule has 146 valence electrons. The van der Waals surface area contributed by atoms with E-state index in [4.69, 9.17) is 4.74 Å². The van der Waals surface area contributed by atoms with Crippen LogP contribution in [0.25, 0.3) is 10.9 Å². The van der Waals surface area contributed by atoms with Crippen molar-refractivity contribution in [1.29, 1.82) is 0 Å². The lowest BCUT2D eigenvalue weighted by Gasteiger charge is -2.46. The fourth-order valence-electron chi connectivity index (χ4n) is 4.79. The number of benzene rings is 2. The predicted molar refractivity (Wildman–Crippen MR) is 106 cm³/mol. The molecule has 3 nitrogen and oxygen atoms in total. The van der Waals surface area contributed by atoms with E-state index < -0.39 is 0 Å². The maximum absolute atomic E-state index is 13.4. The molecule has 5 rings (SSSR count). The lowest BCUT2D eigenvalue weighted by Crippen LogP contribution is -2.58. The number of nitrogens with zero attached hydrogens (tertiary/aromatic N) is 1. The maximum atomic E-state index is 13.4. The Kier molecular flexibility index (Phi) is 4.55. The molecule has 0 radical (unpaired) electrons. The van der Waals surface area contributed by atoms with Crippen LogP contribution in [0.3, 0.4) is 0 Å². The summed E-state index contributed by atoms with van der Waals surface area (Å²) in [4.78, 5) is 5.71. The van der Waals surface area contributed by atoms with Crippen molar-refractivity contribution >= 4 is 10.9 Å². The molecular weight excluding hydrogens is 358 g/mol. The van der Waals surface area contributed by atoms with E-state index in [1.54, 1.807) is 18.2 Å². The molecule has 0 amide bonds. The summed E-state index contributed by atoms with van der Waals surface area (Å²) < 4.78 is 32.5. The molecule has 5 heteroatoms. The molecule has 2 heterocycles. The number of hydrogen-bond acceptors (Lipinski definition) is 2. The summed E-state index contributed by atoms with van der Waals surface area (Å²) in [6, 6.07) is 12.0. The zero-order valence-electron chi connectivity index (χ0n) is 15.7. The van der Waals surface area contributed by atoms with E-state index in [-0.39, 0.29) is 17.7 Å². The molecule has 1 aromatic heterocycles. The Morgan fingerprint density at radius 3 is 2.50 bits per heavy atom. The molecule has 2 fully saturated rings. The Morgan fingerprint density at radius 2 is 1.71 bits per heavy atom. The largest absolute Gasteiger partial charge is 0.488 e. The number of aromatic nitrogens is 1. The standard InChI is InChI=1S/C23H24F2N2O/c24-16-2-1-3-19(10-16)28-20-13-27(14-20)18-7-4-15(5-8-18)22-12-26-23-11-17(25)6-9-21(22)23/h1-3,6,9-12,15,18,20,26H,4-5,7-8,13-14H2/t15-,18+. The Hall–Kier alpha value is -2.40. The zero-order valence-corrected chi connectivity index (χ0v) is 15.7. The van der Waals surface area contributed by atoms with Crippen LogP contribution in [0.15, 0.2) is 48.7 Å². The number of fused-ring (bicyclic) bond motifs is 1. The van der Waals surface area contributed by atoms with Gasteiger partial charge in [-0.1, -0.05) is 6.07 Å². The molecule has 1 aliphatic carbocycles. The van der Waals surface area contributed by atoms with Gasteiger partial charge in [0.15, 0.2) is 0 Å². The van der Waals surface area contributed by atoms with Crippen LogP contribution < -0.4 is 4.74 Å². The first-order valence-corrected chi connectivity index (χ1v) is 10.1. The summed E-state index contributed by atoms with van der Waals surface area (Å²) in [5.74, 6) is 0.699. The van der Waals surface area contributed by atoms with Crippen molar-refractivity contribution in [2.75, 3.05) is 13.1 Å². The average Bonchev–Trinajstić information content (AvgIpc) is 3.07. The summed E-state index contributed by atoms with van der Waals surface area (Å²) in [6.07, 6.45) is 6.86. The number of hydrogen-bond donors (Lipinski definition) is 1. The smallest absolute Gasteiger partial charge is 0.126 e. The van der Waals surface area contributed by atoms with Gasteiger partial charge in [-0.15, -0.1) is 0 Å². The second kappa shape index (κ2) is 7.21. The molecule has 1 N–H and O–H groups in total. The van der Waals surface area contributed by atoms with Crippen LogP contribution >= 0.6 is 0 Å². The molecule has 2 aromatic carbocycles. The number of rotatable bonds is 4. The molecule has 1 aliphatic heterocycles. The van der Waals surface area contributed by atoms with E-state index in [9.17, 15) is 8.78 Å². The van der Waals surface area contributed by atoms with Gasteiger partial charge in [0, 0.05) is 42.3 Å². The molecule has 0 spiro atoms. The van der Waals surface area contributed by atoms with Gasteiger partial charge in [0.25, 0.3) is 0 Å². The van der Waals surface area contributed by atoms with Crippen molar-refractivity contribution in [2.24, 2.45) is 0 Å². The zero-order chi connectivity index (χ0) is 19.1. The molecule has 2 aliphatic rings. The third-order valence-electron chi connectivity index (χ3n) is 6.30. The minimum absolute atomic E-state index is 0.156. The fraction of sp³-hybridized carbons (Fsp3) is 0.391. The van der Waals surface area contributed by atoms with Crippen LogP contribution in [-0.4, -0.2) is 35.1 Å². The van der Waals surface area contributed by atoms with Crippen molar-refractivity contribution in [3.8, 4) is 5.75 Å². The SMILES string of the molecule is Fc1cccc(OC2CN([C@H]3CC[C@@H](c4c[nH]c5cc(F)ccc54)CC3)C2)c1. The third kappa shape index (κ3) is 3.39. The Labute approximate surface area is 163 Å². The quantitative estimate of drug-likeness (QED) is 0.669. The van der Waals surface area contributed by atoms with Gasteiger partial charge in [-0.05, 0) is 67.5 Å². The van der Waals surface area contributed by atoms with Crippen LogP contribution in [0, 0.1) is 11.6 Å². The number of halogens is 2. The van der Waals surface area contributed by atoms with Gasteiger partial charge in [0.2, 0.25) is 0 Å².